The molecule has 2 aromatic rings. The van der Waals surface area contributed by atoms with Crippen molar-refractivity contribution in [2.75, 3.05) is 13.1 Å². The minimum atomic E-state index is -0.0882. The number of nitrogens with one attached hydrogen (secondary N) is 1. The number of amides is 1. The summed E-state index contributed by atoms with van der Waals surface area (Å²) < 4.78 is 5.32. The van der Waals surface area contributed by atoms with Crippen molar-refractivity contribution in [2.24, 2.45) is 0 Å². The van der Waals surface area contributed by atoms with Gasteiger partial charge in [0.2, 0.25) is 5.91 Å². The number of carbonyl (C=O) groups is 1. The van der Waals surface area contributed by atoms with Crippen LogP contribution in [-0.2, 0) is 4.79 Å². The molecule has 0 spiro atoms. The van der Waals surface area contributed by atoms with Crippen molar-refractivity contribution < 1.29 is 9.21 Å². The minimum Gasteiger partial charge on any atom is -0.467 e. The van der Waals surface area contributed by atoms with Crippen LogP contribution in [0.2, 0.25) is 0 Å². The lowest BCUT2D eigenvalue weighted by molar-refractivity contribution is -0.123. The van der Waals surface area contributed by atoms with Crippen LogP contribution >= 0.6 is 11.3 Å². The number of thiophene rings is 1. The second kappa shape index (κ2) is 6.45. The zero-order chi connectivity index (χ0) is 14.7. The van der Waals surface area contributed by atoms with E-state index in [-0.39, 0.29) is 11.9 Å². The van der Waals surface area contributed by atoms with Gasteiger partial charge in [-0.1, -0.05) is 0 Å². The molecule has 0 saturated carbocycles. The van der Waals surface area contributed by atoms with Gasteiger partial charge in [-0.2, -0.15) is 11.3 Å². The summed E-state index contributed by atoms with van der Waals surface area (Å²) in [4.78, 5) is 14.5. The van der Waals surface area contributed by atoms with Crippen molar-refractivity contribution in [1.82, 2.24) is 10.2 Å². The zero-order valence-corrected chi connectivity index (χ0v) is 12.9. The molecule has 5 heteroatoms. The van der Waals surface area contributed by atoms with E-state index < -0.39 is 0 Å². The normalized spacial score (nSPS) is 20.5. The van der Waals surface area contributed by atoms with Crippen LogP contribution in [0, 0.1) is 0 Å². The van der Waals surface area contributed by atoms with Gasteiger partial charge in [-0.3, -0.25) is 9.69 Å². The Balaban J connectivity index is 1.57. The van der Waals surface area contributed by atoms with Crippen LogP contribution in [0.1, 0.15) is 43.2 Å². The molecule has 3 rings (SSSR count). The van der Waals surface area contributed by atoms with Gasteiger partial charge in [-0.25, -0.2) is 0 Å². The van der Waals surface area contributed by atoms with Crippen LogP contribution in [0.5, 0.6) is 0 Å². The lowest BCUT2D eigenvalue weighted by atomic mass is 10.1. The molecule has 1 aliphatic heterocycles. The maximum Gasteiger partial charge on any atom is 0.234 e. The highest BCUT2D eigenvalue weighted by Crippen LogP contribution is 2.32. The first-order valence-corrected chi connectivity index (χ1v) is 8.27. The highest BCUT2D eigenvalue weighted by Gasteiger charge is 2.28. The van der Waals surface area contributed by atoms with Crippen molar-refractivity contribution in [1.29, 1.82) is 0 Å². The van der Waals surface area contributed by atoms with E-state index in [1.807, 2.05) is 19.1 Å². The van der Waals surface area contributed by atoms with Gasteiger partial charge in [-0.15, -0.1) is 0 Å². The van der Waals surface area contributed by atoms with E-state index in [0.717, 1.165) is 25.1 Å². The second-order valence-electron chi connectivity index (χ2n) is 5.49. The summed E-state index contributed by atoms with van der Waals surface area (Å²) in [6.07, 6.45) is 3.92. The van der Waals surface area contributed by atoms with Crippen molar-refractivity contribution >= 4 is 17.2 Å². The van der Waals surface area contributed by atoms with Crippen molar-refractivity contribution in [2.45, 2.75) is 31.8 Å². The Bertz CT molecular complexity index is 565. The number of nitrogens with zero attached hydrogens (tertiary/aromatic N) is 1. The summed E-state index contributed by atoms with van der Waals surface area (Å²) in [5, 5.41) is 7.29. The summed E-state index contributed by atoms with van der Waals surface area (Å²) in [6, 6.07) is 6.19. The molecule has 0 aromatic carbocycles. The molecule has 0 unspecified atom stereocenters. The molecule has 2 atom stereocenters. The molecule has 1 fully saturated rings. The van der Waals surface area contributed by atoms with Gasteiger partial charge in [0.15, 0.2) is 0 Å². The van der Waals surface area contributed by atoms with Gasteiger partial charge < -0.3 is 9.73 Å². The highest BCUT2D eigenvalue weighted by atomic mass is 32.1. The first kappa shape index (κ1) is 14.4. The third kappa shape index (κ3) is 3.36. The Kier molecular flexibility index (Phi) is 4.41. The molecule has 1 saturated heterocycles. The minimum absolute atomic E-state index is 0.0565. The van der Waals surface area contributed by atoms with Crippen molar-refractivity contribution in [3.63, 3.8) is 0 Å². The van der Waals surface area contributed by atoms with Gasteiger partial charge in [0.05, 0.1) is 18.8 Å². The largest absolute Gasteiger partial charge is 0.467 e. The summed E-state index contributed by atoms with van der Waals surface area (Å²) in [6.45, 7) is 3.38. The van der Waals surface area contributed by atoms with Crippen molar-refractivity contribution in [3.8, 4) is 0 Å². The first-order chi connectivity index (χ1) is 10.2. The molecular formula is C16H20N2O2S. The molecule has 21 heavy (non-hydrogen) atoms. The van der Waals surface area contributed by atoms with E-state index >= 15 is 0 Å². The van der Waals surface area contributed by atoms with E-state index in [1.165, 1.54) is 5.56 Å². The fraction of sp³-hybridized carbons (Fsp3) is 0.438. The average molecular weight is 304 g/mol. The first-order valence-electron chi connectivity index (χ1n) is 7.33. The summed E-state index contributed by atoms with van der Waals surface area (Å²) in [5.74, 6) is 0.847. The predicted molar refractivity (Wildman–Crippen MR) is 83.1 cm³/mol. The summed E-state index contributed by atoms with van der Waals surface area (Å²) >= 11 is 1.72. The molecule has 0 bridgehead atoms. The molecule has 112 valence electrons. The second-order valence-corrected chi connectivity index (χ2v) is 6.27. The summed E-state index contributed by atoms with van der Waals surface area (Å²) in [5.41, 5.74) is 1.34. The fourth-order valence-electron chi connectivity index (χ4n) is 2.94. The Labute approximate surface area is 128 Å². The Morgan fingerprint density at radius 1 is 1.57 bits per heavy atom. The monoisotopic (exact) mass is 304 g/mol. The maximum atomic E-state index is 12.2. The van der Waals surface area contributed by atoms with Crippen LogP contribution in [0.15, 0.2) is 39.6 Å². The molecule has 0 radical (unpaired) electrons. The highest BCUT2D eigenvalue weighted by molar-refractivity contribution is 7.07. The Morgan fingerprint density at radius 2 is 2.48 bits per heavy atom. The molecule has 4 nitrogen and oxygen atoms in total. The lowest BCUT2D eigenvalue weighted by Crippen LogP contribution is -2.37. The lowest BCUT2D eigenvalue weighted by Gasteiger charge is -2.24. The Hall–Kier alpha value is -1.59. The average Bonchev–Trinajstić information content (AvgIpc) is 3.21. The number of rotatable bonds is 5. The molecule has 1 aliphatic rings. The van der Waals surface area contributed by atoms with E-state index in [1.54, 1.807) is 17.6 Å². The predicted octanol–water partition coefficient (Wildman–Crippen LogP) is 3.36. The van der Waals surface area contributed by atoms with Gasteiger partial charge in [0, 0.05) is 6.04 Å². The van der Waals surface area contributed by atoms with Crippen LogP contribution in [-0.4, -0.2) is 23.9 Å². The third-order valence-electron chi connectivity index (χ3n) is 3.99. The molecular weight excluding hydrogens is 284 g/mol. The van der Waals surface area contributed by atoms with Gasteiger partial charge in [-0.05, 0) is 60.8 Å². The van der Waals surface area contributed by atoms with E-state index in [2.05, 4.69) is 27.0 Å². The molecule has 0 aliphatic carbocycles. The van der Waals surface area contributed by atoms with Crippen LogP contribution in [0.4, 0.5) is 0 Å². The SMILES string of the molecule is C[C@@H](NC(=O)CN1CCC[C@@H]1c1ccsc1)c1ccco1. The van der Waals surface area contributed by atoms with E-state index in [0.29, 0.717) is 12.6 Å². The standard InChI is InChI=1S/C16H20N2O2S/c1-12(15-5-3-8-20-15)17-16(19)10-18-7-2-4-14(18)13-6-9-21-11-13/h3,5-6,8-9,11-12,14H,2,4,7,10H2,1H3,(H,17,19)/t12-,14-/m1/s1. The Morgan fingerprint density at radius 3 is 3.19 bits per heavy atom. The summed E-state index contributed by atoms with van der Waals surface area (Å²) in [7, 11) is 0. The van der Waals surface area contributed by atoms with Crippen LogP contribution in [0.25, 0.3) is 0 Å². The molecule has 2 aromatic heterocycles. The maximum absolute atomic E-state index is 12.2. The topological polar surface area (TPSA) is 45.5 Å². The van der Waals surface area contributed by atoms with E-state index in [4.69, 9.17) is 4.42 Å². The third-order valence-corrected chi connectivity index (χ3v) is 4.69. The number of likely N-dealkylation sites (tertiary alicyclic amines) is 1. The molecule has 1 N–H and O–H groups in total. The van der Waals surface area contributed by atoms with E-state index in [9.17, 15) is 4.79 Å². The number of carbonyl (C=O) groups excluding carboxylic acids is 1. The van der Waals surface area contributed by atoms with Crippen LogP contribution in [0.3, 0.4) is 0 Å². The van der Waals surface area contributed by atoms with Crippen LogP contribution < -0.4 is 5.32 Å². The van der Waals surface area contributed by atoms with Gasteiger partial charge >= 0.3 is 0 Å². The quantitative estimate of drug-likeness (QED) is 0.921. The number of furan rings is 1. The smallest absolute Gasteiger partial charge is 0.234 e. The van der Waals surface area contributed by atoms with Gasteiger partial charge in [0.1, 0.15) is 5.76 Å². The molecule has 3 heterocycles. The fourth-order valence-corrected chi connectivity index (χ4v) is 3.64. The van der Waals surface area contributed by atoms with Crippen molar-refractivity contribution in [3.05, 3.63) is 46.5 Å². The zero-order valence-electron chi connectivity index (χ0n) is 12.1. The number of hydrogen-bond donors (Lipinski definition) is 1. The molecule has 1 amide bonds. The van der Waals surface area contributed by atoms with Gasteiger partial charge in [0.25, 0.3) is 0 Å². The number of hydrogen-bond acceptors (Lipinski definition) is 4.